The van der Waals surface area contributed by atoms with Gasteiger partial charge in [-0.15, -0.1) is 0 Å². The Morgan fingerprint density at radius 1 is 0.630 bits per heavy atom. The quantitative estimate of drug-likeness (QED) is 0.164. The van der Waals surface area contributed by atoms with Crippen LogP contribution in [0, 0.1) is 34.5 Å². The topological polar surface area (TPSA) is 43.3 Å². The summed E-state index contributed by atoms with van der Waals surface area (Å²) in [5.41, 5.74) is 13.5. The van der Waals surface area contributed by atoms with Crippen molar-refractivity contribution >= 4 is 70.8 Å². The summed E-state index contributed by atoms with van der Waals surface area (Å²) >= 11 is 0. The van der Waals surface area contributed by atoms with Gasteiger partial charge < -0.3 is 8.82 Å². The SMILES string of the molecule is c1cc2ccc3c4c(oc(c1)c24)c1c2c4c(ncc2n2c5cnc6c(c5c3c12)C1CC2CC3CC6C23C1)C1CC2CC3CC4CC321. The van der Waals surface area contributed by atoms with Gasteiger partial charge in [-0.05, 0) is 126 Å². The van der Waals surface area contributed by atoms with Gasteiger partial charge >= 0.3 is 0 Å². The summed E-state index contributed by atoms with van der Waals surface area (Å²) in [4.78, 5) is 11.0. The highest BCUT2D eigenvalue weighted by Gasteiger charge is 2.74. The molecule has 3 aromatic carbocycles. The van der Waals surface area contributed by atoms with Crippen LogP contribution in [-0.4, -0.2) is 14.4 Å². The maximum atomic E-state index is 7.06. The van der Waals surface area contributed by atoms with Crippen LogP contribution in [0.4, 0.5) is 0 Å². The van der Waals surface area contributed by atoms with E-state index in [-0.39, 0.29) is 0 Å². The zero-order valence-electron chi connectivity index (χ0n) is 25.6. The number of hydrogen-bond donors (Lipinski definition) is 0. The zero-order chi connectivity index (χ0) is 28.7. The molecule has 6 saturated carbocycles. The number of hydrogen-bond acceptors (Lipinski definition) is 3. The number of rotatable bonds is 0. The lowest BCUT2D eigenvalue weighted by Crippen LogP contribution is -2.59. The van der Waals surface area contributed by atoms with Crippen molar-refractivity contribution in [3.05, 3.63) is 65.2 Å². The van der Waals surface area contributed by atoms with Gasteiger partial charge in [0.15, 0.2) is 0 Å². The van der Waals surface area contributed by atoms with E-state index in [9.17, 15) is 0 Å². The maximum absolute atomic E-state index is 7.06. The van der Waals surface area contributed by atoms with Crippen molar-refractivity contribution in [1.29, 1.82) is 0 Å². The molecule has 0 aliphatic heterocycles. The molecule has 4 heteroatoms. The van der Waals surface area contributed by atoms with E-state index < -0.39 is 0 Å². The van der Waals surface area contributed by atoms with E-state index in [1.54, 1.807) is 11.1 Å². The predicted octanol–water partition coefficient (Wildman–Crippen LogP) is 10.1. The van der Waals surface area contributed by atoms with Gasteiger partial charge in [0.05, 0.1) is 34.3 Å². The third-order valence-electron chi connectivity index (χ3n) is 17.2. The molecule has 4 bridgehead atoms. The summed E-state index contributed by atoms with van der Waals surface area (Å²) in [5, 5.41) is 11.2. The minimum Gasteiger partial charge on any atom is -0.455 e. The van der Waals surface area contributed by atoms with Gasteiger partial charge in [0.1, 0.15) is 11.2 Å². The van der Waals surface area contributed by atoms with Crippen LogP contribution in [0.1, 0.15) is 97.6 Å². The highest BCUT2D eigenvalue weighted by atomic mass is 16.3. The summed E-state index contributed by atoms with van der Waals surface area (Å²) in [6.45, 7) is 0. The van der Waals surface area contributed by atoms with E-state index in [0.29, 0.717) is 34.5 Å². The molecule has 16 rings (SSSR count). The van der Waals surface area contributed by atoms with Gasteiger partial charge in [-0.1, -0.05) is 24.3 Å². The monoisotopic (exact) mass is 593 g/mol. The summed E-state index contributed by atoms with van der Waals surface area (Å²) < 4.78 is 9.68. The lowest BCUT2D eigenvalue weighted by Gasteiger charge is -2.67. The average molecular weight is 594 g/mol. The van der Waals surface area contributed by atoms with Crippen LogP contribution in [0.5, 0.6) is 0 Å². The van der Waals surface area contributed by atoms with Crippen molar-refractivity contribution in [2.75, 3.05) is 0 Å². The lowest BCUT2D eigenvalue weighted by molar-refractivity contribution is -0.147. The fourth-order valence-electron chi connectivity index (χ4n) is 15.8. The highest BCUT2D eigenvalue weighted by Crippen LogP contribution is 2.83. The Morgan fingerprint density at radius 3 is 1.96 bits per heavy atom. The lowest BCUT2D eigenvalue weighted by atomic mass is 9.37. The average Bonchev–Trinajstić information content (AvgIpc) is 3.86. The largest absolute Gasteiger partial charge is 0.455 e. The zero-order valence-corrected chi connectivity index (χ0v) is 25.6. The Kier molecular flexibility index (Phi) is 2.89. The second kappa shape index (κ2) is 6.09. The smallest absolute Gasteiger partial charge is 0.146 e. The highest BCUT2D eigenvalue weighted by molar-refractivity contribution is 6.42. The van der Waals surface area contributed by atoms with Crippen LogP contribution < -0.4 is 0 Å². The molecule has 10 unspecified atom stereocenters. The normalized spacial score (nSPS) is 40.1. The van der Waals surface area contributed by atoms with Gasteiger partial charge in [0, 0.05) is 50.2 Å². The number of benzene rings is 3. The summed E-state index contributed by atoms with van der Waals surface area (Å²) in [6.07, 6.45) is 15.8. The van der Waals surface area contributed by atoms with Gasteiger partial charge in [-0.3, -0.25) is 9.97 Å². The molecular weight excluding hydrogens is 562 g/mol. The summed E-state index contributed by atoms with van der Waals surface area (Å²) in [5.74, 6) is 6.45. The van der Waals surface area contributed by atoms with E-state index in [0.717, 1.165) is 34.8 Å². The molecule has 8 aromatic rings. The van der Waals surface area contributed by atoms with Crippen molar-refractivity contribution < 1.29 is 4.42 Å². The molecule has 5 aromatic heterocycles. The molecule has 8 aliphatic rings. The van der Waals surface area contributed by atoms with Crippen molar-refractivity contribution in [1.82, 2.24) is 14.4 Å². The van der Waals surface area contributed by atoms with Gasteiger partial charge in [0.2, 0.25) is 0 Å². The molecule has 0 N–H and O–H groups in total. The van der Waals surface area contributed by atoms with Gasteiger partial charge in [-0.2, -0.15) is 0 Å². The first-order valence-electron chi connectivity index (χ1n) is 18.3. The Balaban J connectivity index is 1.16. The minimum atomic E-state index is 0.593. The number of nitrogens with zero attached hydrogens (tertiary/aromatic N) is 3. The Hall–Kier alpha value is -3.92. The van der Waals surface area contributed by atoms with Gasteiger partial charge in [-0.25, -0.2) is 0 Å². The number of furan rings is 1. The third kappa shape index (κ3) is 1.75. The van der Waals surface area contributed by atoms with Crippen LogP contribution in [0.3, 0.4) is 0 Å². The van der Waals surface area contributed by atoms with E-state index in [4.69, 9.17) is 14.4 Å². The molecule has 5 heterocycles. The predicted molar refractivity (Wildman–Crippen MR) is 179 cm³/mol. The van der Waals surface area contributed by atoms with E-state index in [2.05, 4.69) is 47.1 Å². The van der Waals surface area contributed by atoms with Crippen LogP contribution in [0.25, 0.3) is 70.8 Å². The maximum Gasteiger partial charge on any atom is 0.146 e. The molecule has 6 fully saturated rings. The summed E-state index contributed by atoms with van der Waals surface area (Å²) in [6, 6.07) is 11.4. The Labute approximate surface area is 263 Å². The first kappa shape index (κ1) is 21.8. The number of aromatic nitrogens is 3. The van der Waals surface area contributed by atoms with Crippen LogP contribution >= 0.6 is 0 Å². The molecule has 0 amide bonds. The fraction of sp³-hybridized carbons (Fsp3) is 0.429. The standard InChI is InChI=1S/C42H31N3O/c1-2-16-4-5-23-32-34-26(14-43-37-24-10-21-8-19-6-17(30(34)37)12-41(19,21)24)45-27-15-44-38-25-11-22-9-20-7-18(13-42(20,22)25)31(38)35(27)36(39(32)45)40-33(23)29(16)28(3-1)46-40/h1-5,14-15,17-22,24-25H,6-13H2. The molecule has 10 atom stereocenters. The molecule has 220 valence electrons. The number of fused-ring (bicyclic) bond motifs is 18. The van der Waals surface area contributed by atoms with Crippen molar-refractivity contribution in [2.24, 2.45) is 34.5 Å². The van der Waals surface area contributed by atoms with Crippen LogP contribution in [0.2, 0.25) is 0 Å². The molecular formula is C42H31N3O. The van der Waals surface area contributed by atoms with E-state index in [1.165, 1.54) is 122 Å². The third-order valence-corrected chi connectivity index (χ3v) is 17.2. The van der Waals surface area contributed by atoms with Crippen molar-refractivity contribution in [3.8, 4) is 0 Å². The van der Waals surface area contributed by atoms with E-state index >= 15 is 0 Å². The van der Waals surface area contributed by atoms with Crippen molar-refractivity contribution in [3.63, 3.8) is 0 Å². The Morgan fingerprint density at radius 2 is 1.28 bits per heavy atom. The molecule has 2 spiro atoms. The molecule has 8 aliphatic carbocycles. The first-order valence-corrected chi connectivity index (χ1v) is 18.3. The van der Waals surface area contributed by atoms with Gasteiger partial charge in [0.25, 0.3) is 0 Å². The molecule has 0 radical (unpaired) electrons. The second-order valence-corrected chi connectivity index (χ2v) is 17.7. The molecule has 46 heavy (non-hydrogen) atoms. The fourth-order valence-corrected chi connectivity index (χ4v) is 15.8. The number of pyridine rings is 2. The molecule has 4 nitrogen and oxygen atoms in total. The van der Waals surface area contributed by atoms with Crippen LogP contribution in [-0.2, 0) is 0 Å². The van der Waals surface area contributed by atoms with Crippen molar-refractivity contribution in [2.45, 2.75) is 75.0 Å². The van der Waals surface area contributed by atoms with E-state index in [1.807, 2.05) is 0 Å². The Bertz CT molecular complexity index is 2860. The first-order chi connectivity index (χ1) is 22.7. The van der Waals surface area contributed by atoms with Crippen LogP contribution in [0.15, 0.2) is 47.1 Å². The minimum absolute atomic E-state index is 0.593. The molecule has 0 saturated heterocycles. The summed E-state index contributed by atoms with van der Waals surface area (Å²) in [7, 11) is 0. The second-order valence-electron chi connectivity index (χ2n) is 17.7.